The third-order valence-electron chi connectivity index (χ3n) is 2.96. The molecule has 0 aliphatic heterocycles. The largest absolute Gasteiger partial charge is 0.368 e. The van der Waals surface area contributed by atoms with Gasteiger partial charge in [-0.05, 0) is 24.5 Å². The molecule has 0 aromatic heterocycles. The van der Waals surface area contributed by atoms with Crippen molar-refractivity contribution in [2.75, 3.05) is 18.0 Å². The summed E-state index contributed by atoms with van der Waals surface area (Å²) in [6.07, 6.45) is 4.04. The van der Waals surface area contributed by atoms with E-state index < -0.39 is 0 Å². The molecule has 0 aliphatic carbocycles. The Labute approximate surface area is 105 Å². The molecule has 94 valence electrons. The topological polar surface area (TPSA) is 29.3 Å². The second-order valence-corrected chi connectivity index (χ2v) is 4.31. The first kappa shape index (κ1) is 13.8. The lowest BCUT2D eigenvalue weighted by molar-refractivity contribution is 0.690. The van der Waals surface area contributed by atoms with E-state index in [1.165, 1.54) is 11.3 Å². The molecular weight excluding hydrogens is 208 g/mol. The maximum Gasteiger partial charge on any atom is 0.0417 e. The number of nitrogens with zero attached hydrogens (tertiary/aromatic N) is 1. The predicted octanol–water partition coefficient (Wildman–Crippen LogP) is 3.50. The Bertz CT molecular complexity index is 347. The highest BCUT2D eigenvalue weighted by Gasteiger charge is 2.13. The van der Waals surface area contributed by atoms with Gasteiger partial charge < -0.3 is 10.6 Å². The van der Waals surface area contributed by atoms with Crippen molar-refractivity contribution in [3.8, 4) is 0 Å². The van der Waals surface area contributed by atoms with Crippen molar-refractivity contribution in [2.45, 2.75) is 32.7 Å². The molecule has 0 heterocycles. The third kappa shape index (κ3) is 3.60. The highest BCUT2D eigenvalue weighted by atomic mass is 15.1. The molecule has 1 atom stereocenters. The molecule has 2 nitrogen and oxygen atoms in total. The average molecular weight is 232 g/mol. The number of benzene rings is 1. The fourth-order valence-corrected chi connectivity index (χ4v) is 2.04. The van der Waals surface area contributed by atoms with Crippen LogP contribution in [0.3, 0.4) is 0 Å². The van der Waals surface area contributed by atoms with Crippen molar-refractivity contribution in [3.63, 3.8) is 0 Å². The van der Waals surface area contributed by atoms with Crippen molar-refractivity contribution >= 4 is 5.69 Å². The molecule has 1 aromatic rings. The van der Waals surface area contributed by atoms with Crippen LogP contribution in [0.15, 0.2) is 36.9 Å². The summed E-state index contributed by atoms with van der Waals surface area (Å²) in [4.78, 5) is 2.35. The van der Waals surface area contributed by atoms with Gasteiger partial charge in [-0.2, -0.15) is 0 Å². The van der Waals surface area contributed by atoms with Gasteiger partial charge >= 0.3 is 0 Å². The zero-order valence-electron chi connectivity index (χ0n) is 11.0. The molecule has 1 rings (SSSR count). The van der Waals surface area contributed by atoms with Gasteiger partial charge in [-0.3, -0.25) is 0 Å². The van der Waals surface area contributed by atoms with Gasteiger partial charge in [-0.15, -0.1) is 6.58 Å². The van der Waals surface area contributed by atoms with Crippen LogP contribution in [0.1, 0.15) is 38.3 Å². The zero-order valence-corrected chi connectivity index (χ0v) is 11.0. The Morgan fingerprint density at radius 1 is 1.35 bits per heavy atom. The molecule has 0 unspecified atom stereocenters. The third-order valence-corrected chi connectivity index (χ3v) is 2.96. The van der Waals surface area contributed by atoms with E-state index in [2.05, 4.69) is 49.6 Å². The second kappa shape index (κ2) is 7.13. The van der Waals surface area contributed by atoms with Gasteiger partial charge in [0.1, 0.15) is 0 Å². The molecule has 0 aliphatic rings. The van der Waals surface area contributed by atoms with E-state index >= 15 is 0 Å². The molecule has 0 radical (unpaired) electrons. The summed E-state index contributed by atoms with van der Waals surface area (Å²) in [6.45, 7) is 10.1. The predicted molar refractivity (Wildman–Crippen MR) is 76.4 cm³/mol. The van der Waals surface area contributed by atoms with Gasteiger partial charge in [-0.25, -0.2) is 0 Å². The lowest BCUT2D eigenvalue weighted by Crippen LogP contribution is -2.26. The Kier molecular flexibility index (Phi) is 5.78. The molecule has 2 heteroatoms. The van der Waals surface area contributed by atoms with E-state index in [1.54, 1.807) is 0 Å². The van der Waals surface area contributed by atoms with Gasteiger partial charge in [0.15, 0.2) is 0 Å². The number of hydrogen-bond acceptors (Lipinski definition) is 2. The van der Waals surface area contributed by atoms with Crippen LogP contribution < -0.4 is 10.6 Å². The van der Waals surface area contributed by atoms with Crippen LogP contribution in [0, 0.1) is 0 Å². The standard InChI is InChI=1S/C15H24N2/c1-4-11-17(12-5-2)15-10-8-7-9-13(15)14(16)6-3/h4,7-10,14H,1,5-6,11-12,16H2,2-3H3/t14-/m0/s1. The molecule has 0 spiro atoms. The van der Waals surface area contributed by atoms with Gasteiger partial charge in [0.25, 0.3) is 0 Å². The minimum atomic E-state index is 0.121. The number of nitrogens with two attached hydrogens (primary N) is 1. The molecule has 2 N–H and O–H groups in total. The summed E-state index contributed by atoms with van der Waals surface area (Å²) < 4.78 is 0. The molecule has 0 amide bonds. The van der Waals surface area contributed by atoms with Crippen molar-refractivity contribution in [1.82, 2.24) is 0 Å². The molecule has 1 aromatic carbocycles. The summed E-state index contributed by atoms with van der Waals surface area (Å²) in [7, 11) is 0. The molecule has 0 saturated carbocycles. The summed E-state index contributed by atoms with van der Waals surface area (Å²) >= 11 is 0. The van der Waals surface area contributed by atoms with Crippen molar-refractivity contribution in [3.05, 3.63) is 42.5 Å². The fourth-order valence-electron chi connectivity index (χ4n) is 2.04. The first-order chi connectivity index (χ1) is 8.24. The van der Waals surface area contributed by atoms with Crippen LogP contribution >= 0.6 is 0 Å². The first-order valence-corrected chi connectivity index (χ1v) is 6.44. The van der Waals surface area contributed by atoms with E-state index in [0.29, 0.717) is 0 Å². The van der Waals surface area contributed by atoms with Crippen LogP contribution in [0.4, 0.5) is 5.69 Å². The van der Waals surface area contributed by atoms with E-state index in [4.69, 9.17) is 5.73 Å². The fraction of sp³-hybridized carbons (Fsp3) is 0.467. The van der Waals surface area contributed by atoms with E-state index in [-0.39, 0.29) is 6.04 Å². The quantitative estimate of drug-likeness (QED) is 0.729. The molecular formula is C15H24N2. The van der Waals surface area contributed by atoms with Crippen molar-refractivity contribution in [2.24, 2.45) is 5.73 Å². The Morgan fingerprint density at radius 2 is 2.06 bits per heavy atom. The van der Waals surface area contributed by atoms with Crippen LogP contribution in [0.2, 0.25) is 0 Å². The number of hydrogen-bond donors (Lipinski definition) is 1. The smallest absolute Gasteiger partial charge is 0.0417 e. The van der Waals surface area contributed by atoms with Gasteiger partial charge in [-0.1, -0.05) is 38.1 Å². The summed E-state index contributed by atoms with van der Waals surface area (Å²) in [5, 5.41) is 0. The van der Waals surface area contributed by atoms with Crippen LogP contribution in [0.5, 0.6) is 0 Å². The van der Waals surface area contributed by atoms with Crippen LogP contribution in [0.25, 0.3) is 0 Å². The first-order valence-electron chi connectivity index (χ1n) is 6.44. The highest BCUT2D eigenvalue weighted by molar-refractivity contribution is 5.55. The number of rotatable bonds is 7. The minimum Gasteiger partial charge on any atom is -0.368 e. The minimum absolute atomic E-state index is 0.121. The van der Waals surface area contributed by atoms with E-state index in [0.717, 1.165) is 25.9 Å². The molecule has 0 bridgehead atoms. The maximum absolute atomic E-state index is 6.17. The van der Waals surface area contributed by atoms with Gasteiger partial charge in [0, 0.05) is 24.8 Å². The monoisotopic (exact) mass is 232 g/mol. The van der Waals surface area contributed by atoms with E-state index in [9.17, 15) is 0 Å². The van der Waals surface area contributed by atoms with Gasteiger partial charge in [0.05, 0.1) is 0 Å². The SMILES string of the molecule is C=CCN(CCC)c1ccccc1[C@@H](N)CC. The number of anilines is 1. The Hall–Kier alpha value is -1.28. The second-order valence-electron chi connectivity index (χ2n) is 4.31. The van der Waals surface area contributed by atoms with Crippen LogP contribution in [-0.4, -0.2) is 13.1 Å². The number of para-hydroxylation sites is 1. The normalized spacial score (nSPS) is 12.2. The van der Waals surface area contributed by atoms with Crippen molar-refractivity contribution < 1.29 is 0 Å². The maximum atomic E-state index is 6.17. The summed E-state index contributed by atoms with van der Waals surface area (Å²) in [6, 6.07) is 8.55. The Balaban J connectivity index is 3.03. The molecule has 0 fully saturated rings. The summed E-state index contributed by atoms with van der Waals surface area (Å²) in [5.41, 5.74) is 8.67. The summed E-state index contributed by atoms with van der Waals surface area (Å²) in [5.74, 6) is 0. The Morgan fingerprint density at radius 3 is 2.65 bits per heavy atom. The zero-order chi connectivity index (χ0) is 12.7. The lowest BCUT2D eigenvalue weighted by atomic mass is 10.0. The van der Waals surface area contributed by atoms with Crippen LogP contribution in [-0.2, 0) is 0 Å². The highest BCUT2D eigenvalue weighted by Crippen LogP contribution is 2.26. The molecule has 17 heavy (non-hydrogen) atoms. The average Bonchev–Trinajstić information content (AvgIpc) is 2.37. The van der Waals surface area contributed by atoms with Crippen molar-refractivity contribution in [1.29, 1.82) is 0 Å². The van der Waals surface area contributed by atoms with Gasteiger partial charge in [0.2, 0.25) is 0 Å². The van der Waals surface area contributed by atoms with E-state index in [1.807, 2.05) is 6.08 Å². The molecule has 0 saturated heterocycles. The lowest BCUT2D eigenvalue weighted by Gasteiger charge is -2.27.